The van der Waals surface area contributed by atoms with Crippen LogP contribution in [0.1, 0.15) is 6.42 Å². The number of carboxylic acids is 1. The van der Waals surface area contributed by atoms with Crippen molar-refractivity contribution in [1.29, 1.82) is 0 Å². The maximum Gasteiger partial charge on any atom is 0.345 e. The van der Waals surface area contributed by atoms with E-state index in [0.29, 0.717) is 11.5 Å². The lowest BCUT2D eigenvalue weighted by Gasteiger charge is -2.13. The monoisotopic (exact) mass is 222 g/mol. The minimum Gasteiger partial charge on any atom is -0.497 e. The highest BCUT2D eigenvalue weighted by Gasteiger charge is 2.17. The van der Waals surface area contributed by atoms with Crippen molar-refractivity contribution in [2.24, 2.45) is 0 Å². The average molecular weight is 222 g/mol. The maximum atomic E-state index is 10.8. The molecule has 4 nitrogen and oxygen atoms in total. The summed E-state index contributed by atoms with van der Waals surface area (Å²) in [6, 6.07) is 6.75. The molecule has 1 N–H and O–H groups in total. The smallest absolute Gasteiger partial charge is 0.345 e. The van der Waals surface area contributed by atoms with Crippen molar-refractivity contribution < 1.29 is 19.4 Å². The third kappa shape index (κ3) is 3.31. The molecule has 16 heavy (non-hydrogen) atoms. The Hall–Kier alpha value is -1.97. The van der Waals surface area contributed by atoms with Crippen LogP contribution in [-0.2, 0) is 4.79 Å². The van der Waals surface area contributed by atoms with Crippen molar-refractivity contribution in [3.63, 3.8) is 0 Å². The lowest BCUT2D eigenvalue weighted by atomic mass is 10.2. The Kier molecular flexibility index (Phi) is 4.39. The normalized spacial score (nSPS) is 11.6. The molecule has 1 aromatic carbocycles. The fourth-order valence-electron chi connectivity index (χ4n) is 1.17. The number of hydrogen-bond donors (Lipinski definition) is 1. The first-order valence-corrected chi connectivity index (χ1v) is 4.81. The fourth-order valence-corrected chi connectivity index (χ4v) is 1.17. The molecule has 1 unspecified atom stereocenters. The number of carboxylic acid groups (broad SMARTS) is 1. The van der Waals surface area contributed by atoms with Gasteiger partial charge in [0.1, 0.15) is 11.5 Å². The molecule has 0 saturated heterocycles. The molecule has 86 valence electrons. The van der Waals surface area contributed by atoms with Gasteiger partial charge in [-0.05, 0) is 24.3 Å². The number of methoxy groups -OCH3 is 1. The summed E-state index contributed by atoms with van der Waals surface area (Å²) in [7, 11) is 1.56. The van der Waals surface area contributed by atoms with E-state index in [1.807, 2.05) is 0 Å². The van der Waals surface area contributed by atoms with E-state index in [0.717, 1.165) is 0 Å². The Morgan fingerprint density at radius 1 is 1.44 bits per heavy atom. The first kappa shape index (κ1) is 12.1. The van der Waals surface area contributed by atoms with Crippen LogP contribution in [0, 0.1) is 0 Å². The van der Waals surface area contributed by atoms with E-state index >= 15 is 0 Å². The van der Waals surface area contributed by atoms with Crippen LogP contribution >= 0.6 is 0 Å². The predicted octanol–water partition coefficient (Wildman–Crippen LogP) is 2.10. The van der Waals surface area contributed by atoms with Crippen molar-refractivity contribution in [3.8, 4) is 11.5 Å². The minimum absolute atomic E-state index is 0.265. The molecule has 0 saturated carbocycles. The van der Waals surface area contributed by atoms with Crippen molar-refractivity contribution in [2.75, 3.05) is 7.11 Å². The Morgan fingerprint density at radius 3 is 2.44 bits per heavy atom. The van der Waals surface area contributed by atoms with Crippen LogP contribution < -0.4 is 9.47 Å². The number of rotatable bonds is 6. The van der Waals surface area contributed by atoms with E-state index in [-0.39, 0.29) is 6.42 Å². The molecule has 0 spiro atoms. The minimum atomic E-state index is -1.00. The van der Waals surface area contributed by atoms with E-state index in [1.54, 1.807) is 31.4 Å². The quantitative estimate of drug-likeness (QED) is 0.749. The number of hydrogen-bond acceptors (Lipinski definition) is 3. The van der Waals surface area contributed by atoms with Gasteiger partial charge in [-0.1, -0.05) is 6.08 Å². The molecular formula is C12H14O4. The van der Waals surface area contributed by atoms with Gasteiger partial charge in [0.25, 0.3) is 0 Å². The SMILES string of the molecule is C=CCC(Oc1ccc(OC)cc1)C(=O)O. The Bertz CT molecular complexity index is 356. The summed E-state index contributed by atoms with van der Waals surface area (Å²) in [6.07, 6.45) is 0.884. The van der Waals surface area contributed by atoms with Crippen molar-refractivity contribution in [3.05, 3.63) is 36.9 Å². The van der Waals surface area contributed by atoms with Gasteiger partial charge in [-0.15, -0.1) is 6.58 Å². The highest BCUT2D eigenvalue weighted by atomic mass is 16.5. The number of aliphatic carboxylic acids is 1. The Morgan fingerprint density at radius 2 is 2.00 bits per heavy atom. The van der Waals surface area contributed by atoms with Crippen LogP contribution in [0.2, 0.25) is 0 Å². The molecule has 0 aliphatic rings. The summed E-state index contributed by atoms with van der Waals surface area (Å²) < 4.78 is 10.3. The van der Waals surface area contributed by atoms with Gasteiger partial charge in [-0.2, -0.15) is 0 Å². The van der Waals surface area contributed by atoms with E-state index in [1.165, 1.54) is 6.08 Å². The van der Waals surface area contributed by atoms with Crippen LogP contribution in [-0.4, -0.2) is 24.3 Å². The molecule has 1 aromatic rings. The van der Waals surface area contributed by atoms with Crippen molar-refractivity contribution in [2.45, 2.75) is 12.5 Å². The van der Waals surface area contributed by atoms with E-state index < -0.39 is 12.1 Å². The third-order valence-electron chi connectivity index (χ3n) is 1.99. The molecule has 4 heteroatoms. The molecule has 0 radical (unpaired) electrons. The Balaban J connectivity index is 2.69. The first-order chi connectivity index (χ1) is 7.67. The molecule has 1 rings (SSSR count). The van der Waals surface area contributed by atoms with Gasteiger partial charge in [0, 0.05) is 6.42 Å². The lowest BCUT2D eigenvalue weighted by Crippen LogP contribution is -2.26. The third-order valence-corrected chi connectivity index (χ3v) is 1.99. The summed E-state index contributed by atoms with van der Waals surface area (Å²) in [6.45, 7) is 3.49. The standard InChI is InChI=1S/C12H14O4/c1-3-4-11(12(13)14)16-10-7-5-9(15-2)6-8-10/h3,5-8,11H,1,4H2,2H3,(H,13,14). The van der Waals surface area contributed by atoms with Gasteiger partial charge in [0.2, 0.25) is 0 Å². The van der Waals surface area contributed by atoms with E-state index in [2.05, 4.69) is 6.58 Å². The van der Waals surface area contributed by atoms with Crippen LogP contribution in [0.4, 0.5) is 0 Å². The Labute approximate surface area is 94.1 Å². The van der Waals surface area contributed by atoms with Crippen LogP contribution in [0.25, 0.3) is 0 Å². The topological polar surface area (TPSA) is 55.8 Å². The molecule has 0 aliphatic heterocycles. The molecule has 0 heterocycles. The fraction of sp³-hybridized carbons (Fsp3) is 0.250. The average Bonchev–Trinajstić information content (AvgIpc) is 2.29. The van der Waals surface area contributed by atoms with Gasteiger partial charge >= 0.3 is 5.97 Å². The highest BCUT2D eigenvalue weighted by Crippen LogP contribution is 2.19. The van der Waals surface area contributed by atoms with Gasteiger partial charge in [-0.25, -0.2) is 4.79 Å². The molecular weight excluding hydrogens is 208 g/mol. The summed E-state index contributed by atoms with van der Waals surface area (Å²) in [5, 5.41) is 8.87. The van der Waals surface area contributed by atoms with Crippen LogP contribution in [0.15, 0.2) is 36.9 Å². The van der Waals surface area contributed by atoms with Crippen molar-refractivity contribution in [1.82, 2.24) is 0 Å². The zero-order chi connectivity index (χ0) is 12.0. The predicted molar refractivity (Wildman–Crippen MR) is 59.9 cm³/mol. The van der Waals surface area contributed by atoms with Crippen LogP contribution in [0.3, 0.4) is 0 Å². The number of carbonyl (C=O) groups is 1. The second-order valence-electron chi connectivity index (χ2n) is 3.14. The molecule has 0 aromatic heterocycles. The second-order valence-corrected chi connectivity index (χ2v) is 3.14. The lowest BCUT2D eigenvalue weighted by molar-refractivity contribution is -0.144. The number of ether oxygens (including phenoxy) is 2. The zero-order valence-electron chi connectivity index (χ0n) is 9.05. The first-order valence-electron chi connectivity index (χ1n) is 4.81. The van der Waals surface area contributed by atoms with E-state index in [4.69, 9.17) is 14.6 Å². The van der Waals surface area contributed by atoms with Crippen LogP contribution in [0.5, 0.6) is 11.5 Å². The molecule has 0 aliphatic carbocycles. The molecule has 0 fully saturated rings. The largest absolute Gasteiger partial charge is 0.497 e. The molecule has 0 amide bonds. The maximum absolute atomic E-state index is 10.8. The number of benzene rings is 1. The summed E-state index contributed by atoms with van der Waals surface area (Å²) in [5.41, 5.74) is 0. The van der Waals surface area contributed by atoms with Gasteiger partial charge in [-0.3, -0.25) is 0 Å². The van der Waals surface area contributed by atoms with Crippen molar-refractivity contribution >= 4 is 5.97 Å². The zero-order valence-corrected chi connectivity index (χ0v) is 9.05. The summed E-state index contributed by atoms with van der Waals surface area (Å²) in [4.78, 5) is 10.8. The van der Waals surface area contributed by atoms with Gasteiger partial charge in [0.05, 0.1) is 7.11 Å². The van der Waals surface area contributed by atoms with Gasteiger partial charge in [0.15, 0.2) is 6.10 Å². The summed E-state index contributed by atoms with van der Waals surface area (Å²) in [5.74, 6) is 0.189. The van der Waals surface area contributed by atoms with Gasteiger partial charge < -0.3 is 14.6 Å². The summed E-state index contributed by atoms with van der Waals surface area (Å²) >= 11 is 0. The van der Waals surface area contributed by atoms with E-state index in [9.17, 15) is 4.79 Å². The molecule has 0 bridgehead atoms. The highest BCUT2D eigenvalue weighted by molar-refractivity contribution is 5.73. The second kappa shape index (κ2) is 5.80. The molecule has 1 atom stereocenters.